The van der Waals surface area contributed by atoms with Gasteiger partial charge >= 0.3 is 0 Å². The number of halogens is 1. The number of amides is 1. The second kappa shape index (κ2) is 6.05. The van der Waals surface area contributed by atoms with Crippen LogP contribution in [0.3, 0.4) is 0 Å². The van der Waals surface area contributed by atoms with E-state index in [0.717, 1.165) is 42.8 Å². The second-order valence-electron chi connectivity index (χ2n) is 8.06. The molecule has 7 heteroatoms. The lowest BCUT2D eigenvalue weighted by atomic mass is 9.72. The van der Waals surface area contributed by atoms with Gasteiger partial charge in [-0.3, -0.25) is 9.89 Å². The fraction of sp³-hybridized carbons (Fsp3) is 0.500. The molecule has 6 nitrogen and oxygen atoms in total. The molecule has 1 saturated heterocycles. The number of hydrogen-bond acceptors (Lipinski definition) is 3. The fourth-order valence-corrected chi connectivity index (χ4v) is 4.94. The fourth-order valence-electron chi connectivity index (χ4n) is 4.94. The smallest absolute Gasteiger partial charge is 0.251 e. The predicted molar refractivity (Wildman–Crippen MR) is 104 cm³/mol. The average Bonchev–Trinajstić information content (AvgIpc) is 3.07. The average molecular weight is 371 g/mol. The first-order valence-corrected chi connectivity index (χ1v) is 9.49. The molecule has 0 bridgehead atoms. The van der Waals surface area contributed by atoms with Crippen LogP contribution >= 0.6 is 0 Å². The number of primary amides is 1. The summed E-state index contributed by atoms with van der Waals surface area (Å²) in [6.07, 6.45) is 2.05. The summed E-state index contributed by atoms with van der Waals surface area (Å²) in [6, 6.07) is 3.01. The third kappa shape index (κ3) is 2.64. The van der Waals surface area contributed by atoms with E-state index in [1.54, 1.807) is 4.52 Å². The van der Waals surface area contributed by atoms with Crippen LogP contribution in [0.2, 0.25) is 0 Å². The highest BCUT2D eigenvalue weighted by Gasteiger charge is 2.39. The van der Waals surface area contributed by atoms with E-state index in [2.05, 4.69) is 30.8 Å². The molecule has 0 saturated carbocycles. The molecule has 2 aromatic heterocycles. The van der Waals surface area contributed by atoms with Gasteiger partial charge in [-0.05, 0) is 45.8 Å². The summed E-state index contributed by atoms with van der Waals surface area (Å²) in [6.45, 7) is 10.9. The minimum Gasteiger partial charge on any atom is -0.366 e. The number of rotatable bonds is 3. The van der Waals surface area contributed by atoms with Gasteiger partial charge in [0.2, 0.25) is 0 Å². The molecule has 0 spiro atoms. The third-order valence-electron chi connectivity index (χ3n) is 6.19. The standard InChI is InChI=1S/C20H26FN5O/c1-5-25-7-6-20(4,10-11(25)2)16-12(3)24-26-17-14(18(22)27)8-13(21)9-15(17)23-19(16)26/h8-9,11,24H,5-7,10H2,1-4H3,(H2,22,27). The van der Waals surface area contributed by atoms with Crippen LogP contribution in [0.4, 0.5) is 4.39 Å². The first kappa shape index (κ1) is 18.0. The van der Waals surface area contributed by atoms with Crippen LogP contribution in [-0.2, 0) is 5.41 Å². The summed E-state index contributed by atoms with van der Waals surface area (Å²) in [5.74, 6) is -1.17. The number of hydrogen-bond donors (Lipinski definition) is 2. The maximum atomic E-state index is 14.0. The van der Waals surface area contributed by atoms with Gasteiger partial charge in [-0.25, -0.2) is 13.9 Å². The van der Waals surface area contributed by atoms with Gasteiger partial charge in [-0.1, -0.05) is 13.8 Å². The molecule has 1 fully saturated rings. The van der Waals surface area contributed by atoms with Crippen molar-refractivity contribution < 1.29 is 9.18 Å². The molecule has 3 aromatic rings. The Morgan fingerprint density at radius 3 is 2.85 bits per heavy atom. The first-order valence-electron chi connectivity index (χ1n) is 9.49. The normalized spacial score (nSPS) is 24.1. The number of aryl methyl sites for hydroxylation is 1. The molecule has 3 N–H and O–H groups in total. The second-order valence-corrected chi connectivity index (χ2v) is 8.06. The van der Waals surface area contributed by atoms with E-state index in [0.29, 0.717) is 17.1 Å². The molecular weight excluding hydrogens is 345 g/mol. The lowest BCUT2D eigenvalue weighted by molar-refractivity contribution is 0.100. The van der Waals surface area contributed by atoms with Gasteiger partial charge in [0.25, 0.3) is 5.91 Å². The molecule has 4 rings (SSSR count). The largest absolute Gasteiger partial charge is 0.366 e. The Bertz CT molecular complexity index is 1050. The number of imidazole rings is 1. The van der Waals surface area contributed by atoms with Gasteiger partial charge in [-0.15, -0.1) is 0 Å². The summed E-state index contributed by atoms with van der Waals surface area (Å²) in [5.41, 5.74) is 9.52. The number of nitrogens with zero attached hydrogens (tertiary/aromatic N) is 3. The number of carbonyl (C=O) groups excluding carboxylic acids is 1. The molecule has 2 unspecified atom stereocenters. The van der Waals surface area contributed by atoms with Crippen LogP contribution in [0.1, 0.15) is 55.2 Å². The van der Waals surface area contributed by atoms with Crippen LogP contribution in [-0.4, -0.2) is 44.5 Å². The molecule has 1 amide bonds. The number of fused-ring (bicyclic) bond motifs is 3. The summed E-state index contributed by atoms with van der Waals surface area (Å²) in [4.78, 5) is 19.1. The van der Waals surface area contributed by atoms with Crippen molar-refractivity contribution in [2.45, 2.75) is 52.0 Å². The van der Waals surface area contributed by atoms with Crippen molar-refractivity contribution in [3.8, 4) is 0 Å². The molecule has 27 heavy (non-hydrogen) atoms. The molecule has 144 valence electrons. The molecule has 0 aliphatic carbocycles. The molecule has 2 atom stereocenters. The van der Waals surface area contributed by atoms with Crippen LogP contribution in [0.25, 0.3) is 16.7 Å². The number of nitrogens with one attached hydrogen (secondary N) is 1. The molecular formula is C20H26FN5O. The highest BCUT2D eigenvalue weighted by Crippen LogP contribution is 2.42. The molecule has 1 aliphatic heterocycles. The minimum absolute atomic E-state index is 0.0385. The number of likely N-dealkylation sites (tertiary alicyclic amines) is 1. The lowest BCUT2D eigenvalue weighted by Gasteiger charge is -2.43. The van der Waals surface area contributed by atoms with Crippen LogP contribution in [0.15, 0.2) is 12.1 Å². The van der Waals surface area contributed by atoms with Gasteiger partial charge in [-0.2, -0.15) is 0 Å². The van der Waals surface area contributed by atoms with Crippen molar-refractivity contribution >= 4 is 22.6 Å². The Hall–Kier alpha value is -2.41. The Balaban J connectivity index is 1.94. The monoisotopic (exact) mass is 371 g/mol. The number of aromatic amines is 1. The predicted octanol–water partition coefficient (Wildman–Crippen LogP) is 3.12. The van der Waals surface area contributed by atoms with E-state index in [4.69, 9.17) is 10.7 Å². The van der Waals surface area contributed by atoms with Crippen molar-refractivity contribution in [2.24, 2.45) is 5.73 Å². The summed E-state index contributed by atoms with van der Waals surface area (Å²) in [7, 11) is 0. The van der Waals surface area contributed by atoms with Gasteiger partial charge in [0.05, 0.1) is 11.1 Å². The number of carbonyl (C=O) groups is 1. The van der Waals surface area contributed by atoms with E-state index in [9.17, 15) is 9.18 Å². The maximum absolute atomic E-state index is 14.0. The zero-order valence-corrected chi connectivity index (χ0v) is 16.3. The van der Waals surface area contributed by atoms with E-state index in [-0.39, 0.29) is 11.0 Å². The van der Waals surface area contributed by atoms with Gasteiger partial charge < -0.3 is 10.6 Å². The third-order valence-corrected chi connectivity index (χ3v) is 6.19. The molecule has 3 heterocycles. The summed E-state index contributed by atoms with van der Waals surface area (Å²) in [5, 5.41) is 3.34. The van der Waals surface area contributed by atoms with Crippen molar-refractivity contribution in [3.63, 3.8) is 0 Å². The number of aromatic nitrogens is 3. The van der Waals surface area contributed by atoms with E-state index in [1.807, 2.05) is 6.92 Å². The molecule has 0 radical (unpaired) electrons. The van der Waals surface area contributed by atoms with E-state index >= 15 is 0 Å². The van der Waals surface area contributed by atoms with E-state index < -0.39 is 11.7 Å². The van der Waals surface area contributed by atoms with Crippen molar-refractivity contribution in [1.82, 2.24) is 19.5 Å². The molecule has 1 aliphatic rings. The Morgan fingerprint density at radius 1 is 1.48 bits per heavy atom. The Labute approximate surface area is 157 Å². The summed E-state index contributed by atoms with van der Waals surface area (Å²) >= 11 is 0. The minimum atomic E-state index is -0.661. The quantitative estimate of drug-likeness (QED) is 0.742. The topological polar surface area (TPSA) is 79.4 Å². The summed E-state index contributed by atoms with van der Waals surface area (Å²) < 4.78 is 15.8. The molecule has 1 aromatic carbocycles. The van der Waals surface area contributed by atoms with Crippen molar-refractivity contribution in [2.75, 3.05) is 13.1 Å². The number of nitrogens with two attached hydrogens (primary N) is 1. The van der Waals surface area contributed by atoms with Crippen molar-refractivity contribution in [1.29, 1.82) is 0 Å². The Morgan fingerprint density at radius 2 is 2.22 bits per heavy atom. The Kier molecular flexibility index (Phi) is 4.03. The first-order chi connectivity index (χ1) is 12.7. The van der Waals surface area contributed by atoms with Crippen LogP contribution in [0.5, 0.6) is 0 Å². The number of H-pyrrole nitrogens is 1. The lowest BCUT2D eigenvalue weighted by Crippen LogP contribution is -2.46. The van der Waals surface area contributed by atoms with Crippen LogP contribution < -0.4 is 5.73 Å². The van der Waals surface area contributed by atoms with Crippen molar-refractivity contribution in [3.05, 3.63) is 34.8 Å². The van der Waals surface area contributed by atoms with Gasteiger partial charge in [0.15, 0.2) is 5.65 Å². The number of benzene rings is 1. The maximum Gasteiger partial charge on any atom is 0.251 e. The zero-order valence-electron chi connectivity index (χ0n) is 16.3. The van der Waals surface area contributed by atoms with Crippen LogP contribution in [0, 0.1) is 12.7 Å². The zero-order chi connectivity index (χ0) is 19.5. The highest BCUT2D eigenvalue weighted by molar-refractivity contribution is 6.05. The number of piperidine rings is 1. The van der Waals surface area contributed by atoms with E-state index in [1.165, 1.54) is 12.1 Å². The highest BCUT2D eigenvalue weighted by atomic mass is 19.1. The SMILES string of the molecule is CCN1CCC(C)(c2c(C)[nH]n3c2nc2cc(F)cc(C(N)=O)c23)CC1C. The van der Waals surface area contributed by atoms with Gasteiger partial charge in [0.1, 0.15) is 11.3 Å². The van der Waals surface area contributed by atoms with Gasteiger partial charge in [0, 0.05) is 28.8 Å².